The molecule has 1 aliphatic rings. The Kier molecular flexibility index (Phi) is 4.64. The lowest BCUT2D eigenvalue weighted by Gasteiger charge is -2.27. The summed E-state index contributed by atoms with van der Waals surface area (Å²) in [6, 6.07) is 18.6. The standard InChI is InChI=1S/C21H21N3O3/c1-15(25)20-13-17-14-23(10-11-24(17)22-20)21(26)16-6-5-9-19(12-16)27-18-7-3-2-4-8-18/h2-9,12-13,15,25H,10-11,14H2,1H3. The quantitative estimate of drug-likeness (QED) is 0.772. The fourth-order valence-corrected chi connectivity index (χ4v) is 3.17. The molecule has 0 saturated heterocycles. The monoisotopic (exact) mass is 363 g/mol. The van der Waals surface area contributed by atoms with Crippen molar-refractivity contribution < 1.29 is 14.6 Å². The highest BCUT2D eigenvalue weighted by Gasteiger charge is 2.24. The van der Waals surface area contributed by atoms with Gasteiger partial charge in [-0.25, -0.2) is 0 Å². The van der Waals surface area contributed by atoms with Crippen molar-refractivity contribution in [1.82, 2.24) is 14.7 Å². The minimum atomic E-state index is -0.612. The number of nitrogens with zero attached hydrogens (tertiary/aromatic N) is 3. The van der Waals surface area contributed by atoms with Crippen LogP contribution in [0.2, 0.25) is 0 Å². The Bertz CT molecular complexity index is 950. The second kappa shape index (κ2) is 7.25. The lowest BCUT2D eigenvalue weighted by Crippen LogP contribution is -2.38. The first kappa shape index (κ1) is 17.3. The molecule has 1 atom stereocenters. The molecule has 4 rings (SSSR count). The molecule has 2 heterocycles. The number of rotatable bonds is 4. The minimum absolute atomic E-state index is 0.0421. The van der Waals surface area contributed by atoms with Gasteiger partial charge in [-0.05, 0) is 43.3 Å². The van der Waals surface area contributed by atoms with Crippen molar-refractivity contribution in [3.63, 3.8) is 0 Å². The summed E-state index contributed by atoms with van der Waals surface area (Å²) in [5.41, 5.74) is 2.16. The normalized spacial score (nSPS) is 14.5. The maximum absolute atomic E-state index is 12.9. The van der Waals surface area contributed by atoms with Crippen molar-refractivity contribution in [2.45, 2.75) is 26.1 Å². The van der Waals surface area contributed by atoms with Crippen molar-refractivity contribution >= 4 is 5.91 Å². The van der Waals surface area contributed by atoms with Gasteiger partial charge in [-0.3, -0.25) is 9.48 Å². The molecule has 0 spiro atoms. The van der Waals surface area contributed by atoms with E-state index < -0.39 is 6.10 Å². The molecule has 6 nitrogen and oxygen atoms in total. The molecule has 1 aliphatic heterocycles. The zero-order valence-corrected chi connectivity index (χ0v) is 15.1. The molecular weight excluding hydrogens is 342 g/mol. The number of benzene rings is 2. The van der Waals surface area contributed by atoms with Crippen molar-refractivity contribution in [2.75, 3.05) is 6.54 Å². The number of aliphatic hydroxyl groups is 1. The van der Waals surface area contributed by atoms with E-state index in [0.29, 0.717) is 36.6 Å². The molecular formula is C21H21N3O3. The number of hydrogen-bond acceptors (Lipinski definition) is 4. The molecule has 2 aromatic carbocycles. The summed E-state index contributed by atoms with van der Waals surface area (Å²) in [6.07, 6.45) is -0.612. The molecule has 1 amide bonds. The number of aliphatic hydroxyl groups excluding tert-OH is 1. The number of fused-ring (bicyclic) bond motifs is 1. The van der Waals surface area contributed by atoms with Gasteiger partial charge in [-0.15, -0.1) is 0 Å². The summed E-state index contributed by atoms with van der Waals surface area (Å²) in [4.78, 5) is 14.7. The van der Waals surface area contributed by atoms with Gasteiger partial charge in [0.2, 0.25) is 0 Å². The van der Waals surface area contributed by atoms with Gasteiger partial charge in [0.15, 0.2) is 0 Å². The highest BCUT2D eigenvalue weighted by molar-refractivity contribution is 5.94. The van der Waals surface area contributed by atoms with Crippen molar-refractivity contribution in [3.8, 4) is 11.5 Å². The molecule has 0 bridgehead atoms. The van der Waals surface area contributed by atoms with E-state index in [1.54, 1.807) is 24.0 Å². The first-order chi connectivity index (χ1) is 13.1. The van der Waals surface area contributed by atoms with Crippen molar-refractivity contribution in [2.24, 2.45) is 0 Å². The topological polar surface area (TPSA) is 67.6 Å². The lowest BCUT2D eigenvalue weighted by atomic mass is 10.1. The van der Waals surface area contributed by atoms with Crippen LogP contribution in [0.5, 0.6) is 11.5 Å². The smallest absolute Gasteiger partial charge is 0.254 e. The summed E-state index contributed by atoms with van der Waals surface area (Å²) >= 11 is 0. The largest absolute Gasteiger partial charge is 0.457 e. The highest BCUT2D eigenvalue weighted by Crippen LogP contribution is 2.24. The van der Waals surface area contributed by atoms with Gasteiger partial charge in [0, 0.05) is 12.1 Å². The number of aromatic nitrogens is 2. The number of para-hydroxylation sites is 1. The Morgan fingerprint density at radius 1 is 1.07 bits per heavy atom. The van der Waals surface area contributed by atoms with Gasteiger partial charge in [-0.2, -0.15) is 5.10 Å². The fraction of sp³-hybridized carbons (Fsp3) is 0.238. The van der Waals surface area contributed by atoms with Crippen LogP contribution in [0, 0.1) is 0 Å². The number of amides is 1. The van der Waals surface area contributed by atoms with E-state index >= 15 is 0 Å². The Morgan fingerprint density at radius 3 is 2.63 bits per heavy atom. The highest BCUT2D eigenvalue weighted by atomic mass is 16.5. The molecule has 3 aromatic rings. The first-order valence-corrected chi connectivity index (χ1v) is 8.97. The number of carbonyl (C=O) groups is 1. The lowest BCUT2D eigenvalue weighted by molar-refractivity contribution is 0.0705. The van der Waals surface area contributed by atoms with Crippen LogP contribution in [0.4, 0.5) is 0 Å². The molecule has 138 valence electrons. The Balaban J connectivity index is 1.50. The van der Waals surface area contributed by atoms with E-state index in [9.17, 15) is 9.90 Å². The van der Waals surface area contributed by atoms with Crippen LogP contribution >= 0.6 is 0 Å². The van der Waals surface area contributed by atoms with Gasteiger partial charge in [0.1, 0.15) is 11.5 Å². The van der Waals surface area contributed by atoms with Gasteiger partial charge < -0.3 is 14.7 Å². The van der Waals surface area contributed by atoms with E-state index in [2.05, 4.69) is 5.10 Å². The van der Waals surface area contributed by atoms with Gasteiger partial charge in [0.25, 0.3) is 5.91 Å². The van der Waals surface area contributed by atoms with Crippen LogP contribution in [0.15, 0.2) is 60.7 Å². The number of hydrogen-bond donors (Lipinski definition) is 1. The van der Waals surface area contributed by atoms with E-state index in [1.807, 2.05) is 53.2 Å². The molecule has 1 N–H and O–H groups in total. The predicted octanol–water partition coefficient (Wildman–Crippen LogP) is 3.38. The zero-order valence-electron chi connectivity index (χ0n) is 15.1. The summed E-state index contributed by atoms with van der Waals surface area (Å²) in [7, 11) is 0. The average Bonchev–Trinajstić information content (AvgIpc) is 3.12. The second-order valence-electron chi connectivity index (χ2n) is 6.63. The Morgan fingerprint density at radius 2 is 1.85 bits per heavy atom. The third kappa shape index (κ3) is 3.71. The molecule has 6 heteroatoms. The molecule has 0 fully saturated rings. The summed E-state index contributed by atoms with van der Waals surface area (Å²) in [5, 5.41) is 14.1. The first-order valence-electron chi connectivity index (χ1n) is 8.97. The van der Waals surface area contributed by atoms with E-state index in [4.69, 9.17) is 4.74 Å². The van der Waals surface area contributed by atoms with Crippen LogP contribution in [-0.4, -0.2) is 32.2 Å². The molecule has 0 aliphatic carbocycles. The Hall–Kier alpha value is -3.12. The van der Waals surface area contributed by atoms with Crippen molar-refractivity contribution in [3.05, 3.63) is 77.6 Å². The summed E-state index contributed by atoms with van der Waals surface area (Å²) in [6.45, 7) is 3.36. The average molecular weight is 363 g/mol. The molecule has 0 saturated carbocycles. The molecule has 1 aromatic heterocycles. The number of ether oxygens (including phenoxy) is 1. The van der Waals surface area contributed by atoms with E-state index in [0.717, 1.165) is 11.4 Å². The van der Waals surface area contributed by atoms with Gasteiger partial charge >= 0.3 is 0 Å². The molecule has 27 heavy (non-hydrogen) atoms. The van der Waals surface area contributed by atoms with Gasteiger partial charge in [-0.1, -0.05) is 24.3 Å². The van der Waals surface area contributed by atoms with Crippen LogP contribution in [0.3, 0.4) is 0 Å². The van der Waals surface area contributed by atoms with Crippen molar-refractivity contribution in [1.29, 1.82) is 0 Å². The van der Waals surface area contributed by atoms with Crippen LogP contribution in [0.1, 0.15) is 34.8 Å². The second-order valence-corrected chi connectivity index (χ2v) is 6.63. The van der Waals surface area contributed by atoms with Crippen LogP contribution in [-0.2, 0) is 13.1 Å². The van der Waals surface area contributed by atoms with Crippen LogP contribution < -0.4 is 4.74 Å². The number of carbonyl (C=O) groups excluding carboxylic acids is 1. The predicted molar refractivity (Wildman–Crippen MR) is 101 cm³/mol. The Labute approximate surface area is 157 Å². The SMILES string of the molecule is CC(O)c1cc2n(n1)CCN(C(=O)c1cccc(Oc3ccccc3)c1)C2. The summed E-state index contributed by atoms with van der Waals surface area (Å²) in [5.74, 6) is 1.32. The maximum Gasteiger partial charge on any atom is 0.254 e. The fourth-order valence-electron chi connectivity index (χ4n) is 3.17. The molecule has 0 radical (unpaired) electrons. The van der Waals surface area contributed by atoms with E-state index in [1.165, 1.54) is 0 Å². The summed E-state index contributed by atoms with van der Waals surface area (Å²) < 4.78 is 7.69. The van der Waals surface area contributed by atoms with E-state index in [-0.39, 0.29) is 5.91 Å². The maximum atomic E-state index is 12.9. The minimum Gasteiger partial charge on any atom is -0.457 e. The van der Waals surface area contributed by atoms with Gasteiger partial charge in [0.05, 0.1) is 30.6 Å². The third-order valence-corrected chi connectivity index (χ3v) is 4.59. The zero-order chi connectivity index (χ0) is 18.8. The van der Waals surface area contributed by atoms with Crippen LogP contribution in [0.25, 0.3) is 0 Å². The molecule has 1 unspecified atom stereocenters. The third-order valence-electron chi connectivity index (χ3n) is 4.59.